The van der Waals surface area contributed by atoms with Crippen LogP contribution in [0.3, 0.4) is 0 Å². The average Bonchev–Trinajstić information content (AvgIpc) is 3.85. The normalized spacial score (nSPS) is 18.0. The third kappa shape index (κ3) is 28.0. The van der Waals surface area contributed by atoms with Crippen LogP contribution in [0.25, 0.3) is 0 Å². The van der Waals surface area contributed by atoms with Gasteiger partial charge in [-0.2, -0.15) is 0 Å². The molecule has 0 radical (unpaired) electrons. The molecule has 0 N–H and O–H groups in total. The van der Waals surface area contributed by atoms with Crippen LogP contribution < -0.4 is 0 Å². The van der Waals surface area contributed by atoms with Crippen molar-refractivity contribution in [3.63, 3.8) is 0 Å². The van der Waals surface area contributed by atoms with Crippen molar-refractivity contribution in [2.75, 3.05) is 33.9 Å². The van der Waals surface area contributed by atoms with E-state index in [-0.39, 0.29) is 11.9 Å². The van der Waals surface area contributed by atoms with Crippen LogP contribution in [0.5, 0.6) is 0 Å². The third-order valence-corrected chi connectivity index (χ3v) is 12.5. The monoisotopic (exact) mass is 748 g/mol. The maximum Gasteiger partial charge on any atom is 0.305 e. The molecular weight excluding hydrogens is 655 g/mol. The molecule has 0 spiro atoms. The largest absolute Gasteiger partial charge is 0.465 e. The van der Waals surface area contributed by atoms with Gasteiger partial charge in [0.15, 0.2) is 0 Å². The summed E-state index contributed by atoms with van der Waals surface area (Å²) in [6.07, 6.45) is 40.3. The summed E-state index contributed by atoms with van der Waals surface area (Å²) in [5.74, 6) is 2.08. The molecule has 5 nitrogen and oxygen atoms in total. The SMILES string of the molecule is CCCCCCC(CCCC)COC(=O)CCCCCCCCC1(CCN(C)C)CC1CCCCCCCC(=O)OCC(CCCC)CCCCCC. The van der Waals surface area contributed by atoms with Gasteiger partial charge in [-0.25, -0.2) is 0 Å². The fourth-order valence-electron chi connectivity index (χ4n) is 8.56. The van der Waals surface area contributed by atoms with Crippen molar-refractivity contribution >= 4 is 11.9 Å². The zero-order valence-electron chi connectivity index (χ0n) is 36.8. The Labute approximate surface area is 331 Å². The summed E-state index contributed by atoms with van der Waals surface area (Å²) in [6, 6.07) is 0. The molecule has 1 fully saturated rings. The number of esters is 2. The van der Waals surface area contributed by atoms with Gasteiger partial charge in [-0.3, -0.25) is 9.59 Å². The number of nitrogens with zero attached hydrogens (tertiary/aromatic N) is 1. The van der Waals surface area contributed by atoms with Gasteiger partial charge in [0.05, 0.1) is 13.2 Å². The van der Waals surface area contributed by atoms with E-state index < -0.39 is 0 Å². The van der Waals surface area contributed by atoms with Gasteiger partial charge < -0.3 is 14.4 Å². The average molecular weight is 748 g/mol. The molecule has 314 valence electrons. The van der Waals surface area contributed by atoms with Crippen molar-refractivity contribution in [2.24, 2.45) is 23.2 Å². The molecule has 53 heavy (non-hydrogen) atoms. The molecule has 0 aromatic heterocycles. The summed E-state index contributed by atoms with van der Waals surface area (Å²) < 4.78 is 11.5. The molecule has 0 heterocycles. The number of hydrogen-bond donors (Lipinski definition) is 0. The minimum Gasteiger partial charge on any atom is -0.465 e. The summed E-state index contributed by atoms with van der Waals surface area (Å²) in [4.78, 5) is 27.2. The molecule has 0 aliphatic heterocycles. The van der Waals surface area contributed by atoms with Gasteiger partial charge in [0.25, 0.3) is 0 Å². The molecule has 5 heteroatoms. The van der Waals surface area contributed by atoms with Crippen molar-refractivity contribution in [1.29, 1.82) is 0 Å². The Morgan fingerprint density at radius 3 is 1.42 bits per heavy atom. The molecule has 0 bridgehead atoms. The lowest BCUT2D eigenvalue weighted by molar-refractivity contribution is -0.146. The fraction of sp³-hybridized carbons (Fsp3) is 0.958. The molecule has 1 rings (SSSR count). The lowest BCUT2D eigenvalue weighted by atomic mass is 9.89. The molecule has 1 aliphatic carbocycles. The van der Waals surface area contributed by atoms with E-state index in [0.29, 0.717) is 43.3 Å². The number of rotatable bonds is 40. The molecular formula is C48H93NO4. The fourth-order valence-corrected chi connectivity index (χ4v) is 8.56. The van der Waals surface area contributed by atoms with Gasteiger partial charge in [-0.15, -0.1) is 0 Å². The molecule has 0 amide bonds. The van der Waals surface area contributed by atoms with Crippen molar-refractivity contribution in [1.82, 2.24) is 4.90 Å². The molecule has 1 aliphatic rings. The van der Waals surface area contributed by atoms with E-state index in [9.17, 15) is 9.59 Å². The number of ether oxygens (including phenoxy) is 2. The molecule has 0 aromatic rings. The van der Waals surface area contributed by atoms with Crippen LogP contribution in [-0.2, 0) is 19.1 Å². The number of hydrogen-bond acceptors (Lipinski definition) is 5. The van der Waals surface area contributed by atoms with Gasteiger partial charge in [0, 0.05) is 12.8 Å². The maximum absolute atomic E-state index is 12.4. The van der Waals surface area contributed by atoms with Crippen LogP contribution >= 0.6 is 0 Å². The highest BCUT2D eigenvalue weighted by molar-refractivity contribution is 5.69. The van der Waals surface area contributed by atoms with E-state index >= 15 is 0 Å². The number of unbranched alkanes of at least 4 members (excludes halogenated alkanes) is 17. The first kappa shape index (κ1) is 49.9. The van der Waals surface area contributed by atoms with E-state index in [1.165, 1.54) is 180 Å². The van der Waals surface area contributed by atoms with Crippen LogP contribution in [0.15, 0.2) is 0 Å². The van der Waals surface area contributed by atoms with Crippen LogP contribution in [0.1, 0.15) is 240 Å². The molecule has 4 atom stereocenters. The van der Waals surface area contributed by atoms with Crippen LogP contribution in [0.4, 0.5) is 0 Å². The molecule has 0 saturated heterocycles. The van der Waals surface area contributed by atoms with Gasteiger partial charge in [-0.1, -0.05) is 163 Å². The maximum atomic E-state index is 12.4. The van der Waals surface area contributed by atoms with Crippen LogP contribution in [-0.4, -0.2) is 50.7 Å². The van der Waals surface area contributed by atoms with E-state index in [4.69, 9.17) is 9.47 Å². The Kier molecular flexibility index (Phi) is 32.2. The van der Waals surface area contributed by atoms with Crippen molar-refractivity contribution in [3.8, 4) is 0 Å². The molecule has 1 saturated carbocycles. The van der Waals surface area contributed by atoms with Crippen LogP contribution in [0, 0.1) is 23.2 Å². The van der Waals surface area contributed by atoms with E-state index in [2.05, 4.69) is 46.7 Å². The topological polar surface area (TPSA) is 55.8 Å². The second-order valence-corrected chi connectivity index (χ2v) is 17.8. The Hall–Kier alpha value is -1.10. The summed E-state index contributed by atoms with van der Waals surface area (Å²) in [7, 11) is 4.44. The van der Waals surface area contributed by atoms with Crippen molar-refractivity contribution in [3.05, 3.63) is 0 Å². The van der Waals surface area contributed by atoms with Crippen molar-refractivity contribution in [2.45, 2.75) is 240 Å². The second kappa shape index (κ2) is 34.2. The third-order valence-electron chi connectivity index (χ3n) is 12.5. The predicted molar refractivity (Wildman–Crippen MR) is 228 cm³/mol. The minimum absolute atomic E-state index is 0.0252. The van der Waals surface area contributed by atoms with Crippen molar-refractivity contribution < 1.29 is 19.1 Å². The Bertz CT molecular complexity index is 845. The number of carbonyl (C=O) groups is 2. The smallest absolute Gasteiger partial charge is 0.305 e. The van der Waals surface area contributed by atoms with Crippen LogP contribution in [0.2, 0.25) is 0 Å². The minimum atomic E-state index is 0.0252. The molecule has 0 aromatic carbocycles. The van der Waals surface area contributed by atoms with E-state index in [1.807, 2.05) is 0 Å². The zero-order valence-corrected chi connectivity index (χ0v) is 36.8. The second-order valence-electron chi connectivity index (χ2n) is 17.8. The molecule has 4 unspecified atom stereocenters. The Morgan fingerprint density at radius 2 is 0.943 bits per heavy atom. The highest BCUT2D eigenvalue weighted by Crippen LogP contribution is 2.61. The van der Waals surface area contributed by atoms with E-state index in [1.54, 1.807) is 0 Å². The zero-order chi connectivity index (χ0) is 38.8. The summed E-state index contributed by atoms with van der Waals surface area (Å²) in [5.41, 5.74) is 0.591. The number of carbonyl (C=O) groups excluding carboxylic acids is 2. The first-order valence-electron chi connectivity index (χ1n) is 23.8. The quantitative estimate of drug-likeness (QED) is 0.0461. The Morgan fingerprint density at radius 1 is 0.528 bits per heavy atom. The van der Waals surface area contributed by atoms with Gasteiger partial charge in [0.1, 0.15) is 0 Å². The predicted octanol–water partition coefficient (Wildman–Crippen LogP) is 14.4. The van der Waals surface area contributed by atoms with Gasteiger partial charge >= 0.3 is 11.9 Å². The first-order chi connectivity index (χ1) is 25.8. The summed E-state index contributed by atoms with van der Waals surface area (Å²) in [5, 5.41) is 0. The first-order valence-corrected chi connectivity index (χ1v) is 23.8. The highest BCUT2D eigenvalue weighted by atomic mass is 16.5. The summed E-state index contributed by atoms with van der Waals surface area (Å²) in [6.45, 7) is 11.5. The van der Waals surface area contributed by atoms with Gasteiger partial charge in [0.2, 0.25) is 0 Å². The van der Waals surface area contributed by atoms with E-state index in [0.717, 1.165) is 31.6 Å². The lowest BCUT2D eigenvalue weighted by Crippen LogP contribution is -2.18. The summed E-state index contributed by atoms with van der Waals surface area (Å²) >= 11 is 0. The highest BCUT2D eigenvalue weighted by Gasteiger charge is 2.51. The standard InChI is InChI=1S/C48H93NO4/c1-7-11-15-24-32-43(30-13-9-3)41-52-46(50)35-27-21-17-18-23-29-37-48(38-39-49(5)6)40-45(48)34-26-20-19-22-28-36-47(51)53-42-44(31-14-10-4)33-25-16-12-8-2/h43-45H,7-42H2,1-6H3. The van der Waals surface area contributed by atoms with Gasteiger partial charge in [-0.05, 0) is 108 Å². The Balaban J connectivity index is 2.17. The lowest BCUT2D eigenvalue weighted by Gasteiger charge is -2.20.